The van der Waals surface area contributed by atoms with Crippen molar-refractivity contribution in [3.63, 3.8) is 0 Å². The van der Waals surface area contributed by atoms with Gasteiger partial charge in [0.25, 0.3) is 0 Å². The van der Waals surface area contributed by atoms with Crippen LogP contribution in [0.25, 0.3) is 0 Å². The van der Waals surface area contributed by atoms with Crippen molar-refractivity contribution in [3.05, 3.63) is 25.4 Å². The topological polar surface area (TPSA) is 27.6 Å². The molecule has 1 aliphatic heterocycles. The number of hydrogen-bond donors (Lipinski definition) is 1. The van der Waals surface area contributed by atoms with E-state index in [9.17, 15) is 0 Å². The first-order valence-electron chi connectivity index (χ1n) is 6.06. The third-order valence-corrected chi connectivity index (χ3v) is 3.10. The Labute approximate surface area is 98.9 Å². The molecule has 3 heteroatoms. The van der Waals surface area contributed by atoms with E-state index in [0.29, 0.717) is 6.04 Å². The van der Waals surface area contributed by atoms with Crippen LogP contribution in [-0.2, 0) is 0 Å². The molecular formula is C13H23N3. The molecule has 0 aromatic carbocycles. The normalized spacial score (nSPS) is 19.7. The highest BCUT2D eigenvalue weighted by Gasteiger charge is 2.17. The Morgan fingerprint density at radius 2 is 2.12 bits per heavy atom. The van der Waals surface area contributed by atoms with Gasteiger partial charge in [-0.25, -0.2) is 0 Å². The van der Waals surface area contributed by atoms with Crippen LogP contribution >= 0.6 is 0 Å². The first-order valence-corrected chi connectivity index (χ1v) is 6.06. The summed E-state index contributed by atoms with van der Waals surface area (Å²) in [5.74, 6) is 0. The molecule has 16 heavy (non-hydrogen) atoms. The minimum Gasteiger partial charge on any atom is -0.308 e. The molecule has 1 fully saturated rings. The molecule has 0 atom stereocenters. The molecule has 0 aliphatic carbocycles. The van der Waals surface area contributed by atoms with Crippen molar-refractivity contribution in [2.24, 2.45) is 4.99 Å². The van der Waals surface area contributed by atoms with Crippen LogP contribution in [0.2, 0.25) is 0 Å². The molecule has 0 spiro atoms. The van der Waals surface area contributed by atoms with E-state index in [1.807, 2.05) is 0 Å². The Morgan fingerprint density at radius 3 is 2.62 bits per heavy atom. The van der Waals surface area contributed by atoms with Gasteiger partial charge < -0.3 is 10.2 Å². The molecule has 0 aromatic rings. The molecule has 0 saturated carbocycles. The van der Waals surface area contributed by atoms with E-state index in [2.05, 4.69) is 35.3 Å². The Balaban J connectivity index is 2.26. The van der Waals surface area contributed by atoms with E-state index in [1.54, 1.807) is 12.3 Å². The lowest BCUT2D eigenvalue weighted by Crippen LogP contribution is -2.43. The molecule has 1 aliphatic rings. The largest absolute Gasteiger partial charge is 0.308 e. The third kappa shape index (κ3) is 4.29. The lowest BCUT2D eigenvalue weighted by Gasteiger charge is -2.31. The first kappa shape index (κ1) is 13.1. The number of piperidine rings is 1. The van der Waals surface area contributed by atoms with Crippen LogP contribution in [0.5, 0.6) is 0 Å². The van der Waals surface area contributed by atoms with Gasteiger partial charge in [-0.05, 0) is 38.6 Å². The molecule has 1 N–H and O–H groups in total. The standard InChI is InChI=1S/C13H23N3/c1-4-12(14-5-2)11-15-13-7-9-16(6-3)10-8-13/h4-5,13,15H,1-2,6-11H2,3H3. The molecule has 0 unspecified atom stereocenters. The van der Waals surface area contributed by atoms with E-state index < -0.39 is 0 Å². The molecule has 0 bridgehead atoms. The second kappa shape index (κ2) is 7.36. The molecule has 90 valence electrons. The van der Waals surface area contributed by atoms with Crippen molar-refractivity contribution >= 4 is 5.71 Å². The number of aliphatic imine (C=N–C) groups is 1. The van der Waals surface area contributed by atoms with E-state index >= 15 is 0 Å². The fraction of sp³-hybridized carbons (Fsp3) is 0.615. The van der Waals surface area contributed by atoms with Crippen molar-refractivity contribution in [1.82, 2.24) is 10.2 Å². The summed E-state index contributed by atoms with van der Waals surface area (Å²) in [7, 11) is 0. The Morgan fingerprint density at radius 1 is 1.44 bits per heavy atom. The molecular weight excluding hydrogens is 198 g/mol. The van der Waals surface area contributed by atoms with Crippen molar-refractivity contribution in [2.75, 3.05) is 26.2 Å². The van der Waals surface area contributed by atoms with Crippen LogP contribution in [0.4, 0.5) is 0 Å². The van der Waals surface area contributed by atoms with Gasteiger partial charge in [-0.1, -0.05) is 20.1 Å². The van der Waals surface area contributed by atoms with Gasteiger partial charge in [-0.2, -0.15) is 0 Å². The molecule has 0 amide bonds. The molecule has 3 nitrogen and oxygen atoms in total. The molecule has 0 aromatic heterocycles. The fourth-order valence-corrected chi connectivity index (χ4v) is 1.99. The number of likely N-dealkylation sites (tertiary alicyclic amines) is 1. The van der Waals surface area contributed by atoms with Crippen molar-refractivity contribution < 1.29 is 0 Å². The third-order valence-electron chi connectivity index (χ3n) is 3.10. The van der Waals surface area contributed by atoms with Crippen molar-refractivity contribution in [3.8, 4) is 0 Å². The zero-order chi connectivity index (χ0) is 11.8. The average Bonchev–Trinajstić information content (AvgIpc) is 2.35. The van der Waals surface area contributed by atoms with Gasteiger partial charge in [-0.3, -0.25) is 4.99 Å². The second-order valence-electron chi connectivity index (χ2n) is 4.10. The van der Waals surface area contributed by atoms with Crippen LogP contribution in [0.3, 0.4) is 0 Å². The maximum Gasteiger partial charge on any atom is 0.0535 e. The molecule has 1 heterocycles. The maximum atomic E-state index is 4.15. The number of rotatable bonds is 6. The van der Waals surface area contributed by atoms with E-state index in [1.165, 1.54) is 32.5 Å². The van der Waals surface area contributed by atoms with Crippen LogP contribution < -0.4 is 5.32 Å². The molecule has 1 rings (SSSR count). The smallest absolute Gasteiger partial charge is 0.0535 e. The first-order chi connectivity index (χ1) is 7.80. The SMILES string of the molecule is C=CN=C(C=C)CNC1CCN(CC)CC1. The van der Waals surface area contributed by atoms with E-state index in [4.69, 9.17) is 0 Å². The quantitative estimate of drug-likeness (QED) is 0.693. The lowest BCUT2D eigenvalue weighted by atomic mass is 10.1. The van der Waals surface area contributed by atoms with E-state index in [0.717, 1.165) is 12.3 Å². The summed E-state index contributed by atoms with van der Waals surface area (Å²) in [5, 5.41) is 3.53. The van der Waals surface area contributed by atoms with Crippen LogP contribution in [-0.4, -0.2) is 42.8 Å². The summed E-state index contributed by atoms with van der Waals surface area (Å²) in [5.41, 5.74) is 0.966. The minimum absolute atomic E-state index is 0.623. The highest BCUT2D eigenvalue weighted by atomic mass is 15.1. The van der Waals surface area contributed by atoms with Gasteiger partial charge in [0.2, 0.25) is 0 Å². The summed E-state index contributed by atoms with van der Waals surface area (Å²) in [6.45, 7) is 13.9. The maximum absolute atomic E-state index is 4.15. The minimum atomic E-state index is 0.623. The average molecular weight is 221 g/mol. The molecule has 0 radical (unpaired) electrons. The van der Waals surface area contributed by atoms with Crippen LogP contribution in [0.1, 0.15) is 19.8 Å². The van der Waals surface area contributed by atoms with Gasteiger partial charge in [0.15, 0.2) is 0 Å². The van der Waals surface area contributed by atoms with Gasteiger partial charge >= 0.3 is 0 Å². The van der Waals surface area contributed by atoms with Crippen LogP contribution in [0, 0.1) is 0 Å². The Bertz CT molecular complexity index is 250. The van der Waals surface area contributed by atoms with Gasteiger partial charge in [0.05, 0.1) is 5.71 Å². The monoisotopic (exact) mass is 221 g/mol. The second-order valence-corrected chi connectivity index (χ2v) is 4.10. The Kier molecular flexibility index (Phi) is 6.04. The summed E-state index contributed by atoms with van der Waals surface area (Å²) in [4.78, 5) is 6.64. The zero-order valence-electron chi connectivity index (χ0n) is 10.3. The predicted octanol–water partition coefficient (Wildman–Crippen LogP) is 1.83. The van der Waals surface area contributed by atoms with E-state index in [-0.39, 0.29) is 0 Å². The highest BCUT2D eigenvalue weighted by molar-refractivity contribution is 5.96. The number of nitrogens with zero attached hydrogens (tertiary/aromatic N) is 2. The summed E-state index contributed by atoms with van der Waals surface area (Å²) >= 11 is 0. The Hall–Kier alpha value is -0.930. The van der Waals surface area contributed by atoms with Gasteiger partial charge in [0, 0.05) is 18.8 Å². The number of nitrogens with one attached hydrogen (secondary N) is 1. The predicted molar refractivity (Wildman–Crippen MR) is 71.0 cm³/mol. The summed E-state index contributed by atoms with van der Waals surface area (Å²) < 4.78 is 0. The van der Waals surface area contributed by atoms with Crippen LogP contribution in [0.15, 0.2) is 30.4 Å². The zero-order valence-corrected chi connectivity index (χ0v) is 10.3. The molecule has 1 saturated heterocycles. The number of hydrogen-bond acceptors (Lipinski definition) is 3. The van der Waals surface area contributed by atoms with Gasteiger partial charge in [0.1, 0.15) is 0 Å². The highest BCUT2D eigenvalue weighted by Crippen LogP contribution is 2.09. The lowest BCUT2D eigenvalue weighted by molar-refractivity contribution is 0.209. The van der Waals surface area contributed by atoms with Crippen molar-refractivity contribution in [1.29, 1.82) is 0 Å². The summed E-state index contributed by atoms with van der Waals surface area (Å²) in [6.07, 6.45) is 5.81. The van der Waals surface area contributed by atoms with Gasteiger partial charge in [-0.15, -0.1) is 0 Å². The summed E-state index contributed by atoms with van der Waals surface area (Å²) in [6, 6.07) is 0.623. The fourth-order valence-electron chi connectivity index (χ4n) is 1.99. The van der Waals surface area contributed by atoms with Crippen molar-refractivity contribution in [2.45, 2.75) is 25.8 Å².